The number of rotatable bonds is 6. The second kappa shape index (κ2) is 7.86. The predicted molar refractivity (Wildman–Crippen MR) is 102 cm³/mol. The average Bonchev–Trinajstić information content (AvgIpc) is 3.03. The number of benzene rings is 2. The molecule has 0 spiro atoms. The third-order valence-corrected chi connectivity index (χ3v) is 4.33. The Kier molecular flexibility index (Phi) is 5.35. The van der Waals surface area contributed by atoms with Crippen LogP contribution in [0.25, 0.3) is 11.5 Å². The van der Waals surface area contributed by atoms with Gasteiger partial charge in [-0.25, -0.2) is 4.98 Å². The molecule has 0 saturated heterocycles. The Labute approximate surface area is 157 Å². The molecule has 0 atom stereocenters. The molecule has 0 saturated carbocycles. The molecule has 6 heteroatoms. The number of amides is 2. The minimum Gasteiger partial charge on any atom is -0.441 e. The monoisotopic (exact) mass is 363 g/mol. The van der Waals surface area contributed by atoms with E-state index in [1.54, 1.807) is 12.1 Å². The van der Waals surface area contributed by atoms with Gasteiger partial charge in [0.25, 0.3) is 5.91 Å². The highest BCUT2D eigenvalue weighted by Gasteiger charge is 2.14. The summed E-state index contributed by atoms with van der Waals surface area (Å²) in [7, 11) is 0. The fourth-order valence-corrected chi connectivity index (χ4v) is 2.77. The van der Waals surface area contributed by atoms with Crippen molar-refractivity contribution in [2.24, 2.45) is 5.73 Å². The fourth-order valence-electron chi connectivity index (χ4n) is 2.77. The van der Waals surface area contributed by atoms with E-state index in [-0.39, 0.29) is 5.91 Å². The molecule has 1 heterocycles. The molecule has 3 aromatic rings. The second-order valence-corrected chi connectivity index (χ2v) is 6.29. The van der Waals surface area contributed by atoms with Crippen molar-refractivity contribution in [3.63, 3.8) is 0 Å². The first-order valence-corrected chi connectivity index (χ1v) is 8.66. The van der Waals surface area contributed by atoms with Crippen molar-refractivity contribution in [3.05, 3.63) is 76.7 Å². The molecule has 0 aliphatic carbocycles. The van der Waals surface area contributed by atoms with Crippen LogP contribution in [0, 0.1) is 13.8 Å². The van der Waals surface area contributed by atoms with Crippen molar-refractivity contribution < 1.29 is 14.0 Å². The smallest absolute Gasteiger partial charge is 0.251 e. The lowest BCUT2D eigenvalue weighted by Gasteiger charge is -2.08. The van der Waals surface area contributed by atoms with Crippen molar-refractivity contribution in [2.75, 3.05) is 6.54 Å². The minimum absolute atomic E-state index is 0.250. The lowest BCUT2D eigenvalue weighted by molar-refractivity contribution is 0.0953. The Balaban J connectivity index is 1.65. The normalized spacial score (nSPS) is 10.6. The number of nitrogens with one attached hydrogen (secondary N) is 1. The largest absolute Gasteiger partial charge is 0.441 e. The quantitative estimate of drug-likeness (QED) is 0.703. The molecular weight excluding hydrogens is 342 g/mol. The number of carbonyl (C=O) groups is 2. The zero-order valence-electron chi connectivity index (χ0n) is 15.3. The molecule has 1 aromatic heterocycles. The second-order valence-electron chi connectivity index (χ2n) is 6.29. The van der Waals surface area contributed by atoms with Gasteiger partial charge in [0.2, 0.25) is 11.8 Å². The molecule has 2 amide bonds. The summed E-state index contributed by atoms with van der Waals surface area (Å²) < 4.78 is 5.73. The van der Waals surface area contributed by atoms with Gasteiger partial charge in [-0.1, -0.05) is 24.3 Å². The van der Waals surface area contributed by atoms with E-state index in [1.165, 1.54) is 6.07 Å². The Bertz CT molecular complexity index is 978. The molecule has 0 aliphatic heterocycles. The summed E-state index contributed by atoms with van der Waals surface area (Å²) in [6.07, 6.45) is 0.544. The molecule has 3 N–H and O–H groups in total. The van der Waals surface area contributed by atoms with Gasteiger partial charge in [-0.05, 0) is 43.7 Å². The van der Waals surface area contributed by atoms with Crippen LogP contribution in [0.15, 0.2) is 52.9 Å². The van der Waals surface area contributed by atoms with Crippen LogP contribution in [0.1, 0.15) is 37.7 Å². The standard InChI is InChI=1S/C21H21N3O3/c1-13-8-9-16(19(22)25)12-17(13)20(26)23-11-10-18-14(2)27-21(24-18)15-6-4-3-5-7-15/h3-9,12H,10-11H2,1-2H3,(H2,22,25)(H,23,26). The summed E-state index contributed by atoms with van der Waals surface area (Å²) >= 11 is 0. The Morgan fingerprint density at radius 1 is 1.11 bits per heavy atom. The van der Waals surface area contributed by atoms with Crippen molar-refractivity contribution in [1.29, 1.82) is 0 Å². The van der Waals surface area contributed by atoms with Gasteiger partial charge in [0.15, 0.2) is 0 Å². The van der Waals surface area contributed by atoms with Gasteiger partial charge in [0, 0.05) is 29.7 Å². The number of oxazole rings is 1. The molecule has 2 aromatic carbocycles. The van der Waals surface area contributed by atoms with Gasteiger partial charge < -0.3 is 15.5 Å². The number of nitrogens with two attached hydrogens (primary N) is 1. The number of carbonyl (C=O) groups excluding carboxylic acids is 2. The number of aromatic nitrogens is 1. The van der Waals surface area contributed by atoms with Crippen molar-refractivity contribution >= 4 is 11.8 Å². The predicted octanol–water partition coefficient (Wildman–Crippen LogP) is 3.03. The number of hydrogen-bond acceptors (Lipinski definition) is 4. The zero-order chi connectivity index (χ0) is 19.4. The van der Waals surface area contributed by atoms with E-state index in [2.05, 4.69) is 10.3 Å². The molecule has 0 radical (unpaired) electrons. The molecule has 138 valence electrons. The average molecular weight is 363 g/mol. The van der Waals surface area contributed by atoms with Gasteiger partial charge >= 0.3 is 0 Å². The van der Waals surface area contributed by atoms with Crippen LogP contribution in [0.2, 0.25) is 0 Å². The zero-order valence-corrected chi connectivity index (χ0v) is 15.3. The van der Waals surface area contributed by atoms with Crippen LogP contribution in [0.4, 0.5) is 0 Å². The van der Waals surface area contributed by atoms with Gasteiger partial charge in [-0.15, -0.1) is 0 Å². The highest BCUT2D eigenvalue weighted by molar-refractivity contribution is 6.00. The number of aryl methyl sites for hydroxylation is 2. The van der Waals surface area contributed by atoms with Crippen molar-refractivity contribution in [3.8, 4) is 11.5 Å². The van der Waals surface area contributed by atoms with Crippen molar-refractivity contribution in [1.82, 2.24) is 10.3 Å². The van der Waals surface area contributed by atoms with Crippen molar-refractivity contribution in [2.45, 2.75) is 20.3 Å². The fraction of sp³-hybridized carbons (Fsp3) is 0.190. The van der Waals surface area contributed by atoms with Crippen LogP contribution in [0.5, 0.6) is 0 Å². The SMILES string of the molecule is Cc1ccc(C(N)=O)cc1C(=O)NCCc1nc(-c2ccccc2)oc1C. The van der Waals surface area contributed by atoms with Crippen LogP contribution >= 0.6 is 0 Å². The maximum atomic E-state index is 12.4. The summed E-state index contributed by atoms with van der Waals surface area (Å²) in [4.78, 5) is 28.3. The molecule has 0 unspecified atom stereocenters. The molecule has 27 heavy (non-hydrogen) atoms. The molecule has 0 bridgehead atoms. The molecule has 3 rings (SSSR count). The summed E-state index contributed by atoms with van der Waals surface area (Å²) in [5, 5.41) is 2.86. The van der Waals surface area contributed by atoms with E-state index >= 15 is 0 Å². The maximum absolute atomic E-state index is 12.4. The van der Waals surface area contributed by atoms with Gasteiger partial charge in [0.1, 0.15) is 5.76 Å². The summed E-state index contributed by atoms with van der Waals surface area (Å²) in [5.74, 6) is 0.491. The number of nitrogens with zero attached hydrogens (tertiary/aromatic N) is 1. The van der Waals surface area contributed by atoms with E-state index in [0.29, 0.717) is 30.0 Å². The highest BCUT2D eigenvalue weighted by Crippen LogP contribution is 2.21. The van der Waals surface area contributed by atoms with Crippen LogP contribution in [-0.2, 0) is 6.42 Å². The van der Waals surface area contributed by atoms with E-state index in [0.717, 1.165) is 22.6 Å². The molecule has 0 aliphatic rings. The Morgan fingerprint density at radius 3 is 2.56 bits per heavy atom. The van der Waals surface area contributed by atoms with Crippen LogP contribution < -0.4 is 11.1 Å². The Hall–Kier alpha value is -3.41. The van der Waals surface area contributed by atoms with E-state index in [4.69, 9.17) is 10.2 Å². The molecule has 6 nitrogen and oxygen atoms in total. The third-order valence-electron chi connectivity index (χ3n) is 4.33. The van der Waals surface area contributed by atoms with Gasteiger partial charge in [-0.3, -0.25) is 9.59 Å². The van der Waals surface area contributed by atoms with Gasteiger partial charge in [-0.2, -0.15) is 0 Å². The topological polar surface area (TPSA) is 98.2 Å². The maximum Gasteiger partial charge on any atom is 0.251 e. The number of primary amides is 1. The van der Waals surface area contributed by atoms with E-state index < -0.39 is 5.91 Å². The first-order valence-electron chi connectivity index (χ1n) is 8.66. The van der Waals surface area contributed by atoms with Crippen LogP contribution in [-0.4, -0.2) is 23.3 Å². The Morgan fingerprint density at radius 2 is 1.85 bits per heavy atom. The lowest BCUT2D eigenvalue weighted by atomic mass is 10.0. The minimum atomic E-state index is -0.560. The third kappa shape index (κ3) is 4.23. The first-order chi connectivity index (χ1) is 13.0. The lowest BCUT2D eigenvalue weighted by Crippen LogP contribution is -2.27. The van der Waals surface area contributed by atoms with E-state index in [1.807, 2.05) is 44.2 Å². The molecule has 0 fully saturated rings. The summed E-state index contributed by atoms with van der Waals surface area (Å²) in [5.41, 5.74) is 8.53. The molecular formula is C21H21N3O3. The highest BCUT2D eigenvalue weighted by atomic mass is 16.4. The van der Waals surface area contributed by atoms with Gasteiger partial charge in [0.05, 0.1) is 5.69 Å². The first kappa shape index (κ1) is 18.4. The van der Waals surface area contributed by atoms with E-state index in [9.17, 15) is 9.59 Å². The number of hydrogen-bond donors (Lipinski definition) is 2. The summed E-state index contributed by atoms with van der Waals surface area (Å²) in [6.45, 7) is 4.07. The summed E-state index contributed by atoms with van der Waals surface area (Å²) in [6, 6.07) is 14.5. The van der Waals surface area contributed by atoms with Crippen LogP contribution in [0.3, 0.4) is 0 Å².